The lowest BCUT2D eigenvalue weighted by molar-refractivity contribution is 0.103. The summed E-state index contributed by atoms with van der Waals surface area (Å²) >= 11 is 0. The van der Waals surface area contributed by atoms with Gasteiger partial charge >= 0.3 is 0 Å². The first kappa shape index (κ1) is 11.0. The zero-order valence-corrected chi connectivity index (χ0v) is 9.65. The fraction of sp³-hybridized carbons (Fsp3) is 0.133. The second kappa shape index (κ2) is 4.26. The average molecular weight is 242 g/mol. The van der Waals surface area contributed by atoms with E-state index in [1.165, 1.54) is 12.1 Å². The predicted octanol–water partition coefficient (Wildman–Crippen LogP) is 2.99. The van der Waals surface area contributed by atoms with E-state index >= 15 is 0 Å². The van der Waals surface area contributed by atoms with Crippen LogP contribution in [0.5, 0.6) is 5.75 Å². The number of ketones is 1. The molecule has 1 aliphatic heterocycles. The summed E-state index contributed by atoms with van der Waals surface area (Å²) in [6.07, 6.45) is 0.799. The second-order valence-corrected chi connectivity index (χ2v) is 4.23. The van der Waals surface area contributed by atoms with Crippen LogP contribution < -0.4 is 4.74 Å². The number of halogens is 1. The molecule has 0 amide bonds. The molecule has 18 heavy (non-hydrogen) atoms. The lowest BCUT2D eigenvalue weighted by atomic mass is 10.00. The number of carbonyl (C=O) groups excluding carboxylic acids is 1. The van der Waals surface area contributed by atoms with E-state index in [2.05, 4.69) is 0 Å². The van der Waals surface area contributed by atoms with E-state index in [0.29, 0.717) is 12.2 Å². The molecular weight excluding hydrogens is 231 g/mol. The van der Waals surface area contributed by atoms with Crippen LogP contribution in [0.15, 0.2) is 42.5 Å². The van der Waals surface area contributed by atoms with Crippen LogP contribution in [0.25, 0.3) is 0 Å². The van der Waals surface area contributed by atoms with Crippen molar-refractivity contribution in [2.75, 3.05) is 6.61 Å². The molecular formula is C15H11FO2. The maximum absolute atomic E-state index is 13.6. The zero-order valence-electron chi connectivity index (χ0n) is 9.65. The average Bonchev–Trinajstić information content (AvgIpc) is 2.85. The van der Waals surface area contributed by atoms with Crippen molar-refractivity contribution >= 4 is 5.78 Å². The van der Waals surface area contributed by atoms with Gasteiger partial charge in [-0.25, -0.2) is 4.39 Å². The lowest BCUT2D eigenvalue weighted by Gasteiger charge is -2.04. The number of rotatable bonds is 2. The maximum atomic E-state index is 13.6. The molecule has 0 aromatic heterocycles. The van der Waals surface area contributed by atoms with Crippen LogP contribution >= 0.6 is 0 Å². The molecule has 0 bridgehead atoms. The molecule has 2 aromatic carbocycles. The first-order valence-corrected chi connectivity index (χ1v) is 5.80. The lowest BCUT2D eigenvalue weighted by Crippen LogP contribution is -2.04. The molecule has 0 aliphatic carbocycles. The molecule has 0 atom stereocenters. The molecule has 2 aromatic rings. The molecule has 3 heteroatoms. The van der Waals surface area contributed by atoms with Crippen molar-refractivity contribution in [3.8, 4) is 5.75 Å². The summed E-state index contributed by atoms with van der Waals surface area (Å²) in [6.45, 7) is 0.646. The molecule has 1 aliphatic rings. The van der Waals surface area contributed by atoms with Crippen molar-refractivity contribution in [1.82, 2.24) is 0 Å². The summed E-state index contributed by atoms with van der Waals surface area (Å²) < 4.78 is 18.9. The third-order valence-corrected chi connectivity index (χ3v) is 3.07. The van der Waals surface area contributed by atoms with Crippen molar-refractivity contribution in [2.24, 2.45) is 0 Å². The number of hydrogen-bond donors (Lipinski definition) is 0. The fourth-order valence-electron chi connectivity index (χ4n) is 2.13. The molecule has 0 N–H and O–H groups in total. The molecule has 0 fully saturated rings. The first-order chi connectivity index (χ1) is 8.75. The normalized spacial score (nSPS) is 12.9. The number of hydrogen-bond acceptors (Lipinski definition) is 2. The van der Waals surface area contributed by atoms with Gasteiger partial charge in [0.1, 0.15) is 11.6 Å². The number of fused-ring (bicyclic) bond motifs is 1. The molecule has 0 saturated heterocycles. The minimum Gasteiger partial charge on any atom is -0.493 e. The Bertz CT molecular complexity index is 620. The highest BCUT2D eigenvalue weighted by atomic mass is 19.1. The van der Waals surface area contributed by atoms with Crippen LogP contribution in [0.1, 0.15) is 21.5 Å². The third kappa shape index (κ3) is 1.78. The van der Waals surface area contributed by atoms with Gasteiger partial charge in [-0.1, -0.05) is 12.1 Å². The summed E-state index contributed by atoms with van der Waals surface area (Å²) in [5, 5.41) is 0. The Morgan fingerprint density at radius 3 is 2.83 bits per heavy atom. The quantitative estimate of drug-likeness (QED) is 0.757. The smallest absolute Gasteiger partial charge is 0.195 e. The summed E-state index contributed by atoms with van der Waals surface area (Å²) in [4.78, 5) is 12.2. The van der Waals surface area contributed by atoms with E-state index in [0.717, 1.165) is 17.7 Å². The molecule has 1 heterocycles. The topological polar surface area (TPSA) is 26.3 Å². The van der Waals surface area contributed by atoms with Gasteiger partial charge in [-0.05, 0) is 35.9 Å². The van der Waals surface area contributed by atoms with Crippen molar-refractivity contribution in [2.45, 2.75) is 6.42 Å². The highest BCUT2D eigenvalue weighted by Crippen LogP contribution is 2.27. The van der Waals surface area contributed by atoms with Gasteiger partial charge in [0.05, 0.1) is 12.2 Å². The molecule has 2 nitrogen and oxygen atoms in total. The first-order valence-electron chi connectivity index (χ1n) is 5.80. The van der Waals surface area contributed by atoms with Crippen LogP contribution in [0.2, 0.25) is 0 Å². The maximum Gasteiger partial charge on any atom is 0.195 e. The predicted molar refractivity (Wildman–Crippen MR) is 65.5 cm³/mol. The largest absolute Gasteiger partial charge is 0.493 e. The van der Waals surface area contributed by atoms with Gasteiger partial charge in [-0.2, -0.15) is 0 Å². The molecule has 0 unspecified atom stereocenters. The number of benzene rings is 2. The van der Waals surface area contributed by atoms with Crippen molar-refractivity contribution in [3.05, 3.63) is 65.0 Å². The van der Waals surface area contributed by atoms with Crippen molar-refractivity contribution < 1.29 is 13.9 Å². The van der Waals surface area contributed by atoms with Gasteiger partial charge in [0.15, 0.2) is 5.78 Å². The van der Waals surface area contributed by atoms with E-state index < -0.39 is 5.82 Å². The van der Waals surface area contributed by atoms with Gasteiger partial charge in [-0.3, -0.25) is 4.79 Å². The summed E-state index contributed by atoms with van der Waals surface area (Å²) in [5.74, 6) is 0.0436. The zero-order chi connectivity index (χ0) is 12.5. The summed E-state index contributed by atoms with van der Waals surface area (Å²) in [7, 11) is 0. The van der Waals surface area contributed by atoms with Crippen molar-refractivity contribution in [3.63, 3.8) is 0 Å². The van der Waals surface area contributed by atoms with E-state index in [-0.39, 0.29) is 11.3 Å². The highest BCUT2D eigenvalue weighted by molar-refractivity contribution is 6.09. The van der Waals surface area contributed by atoms with E-state index in [4.69, 9.17) is 4.74 Å². The molecule has 0 saturated carbocycles. The Labute approximate surface area is 104 Å². The van der Waals surface area contributed by atoms with Gasteiger partial charge in [0, 0.05) is 12.0 Å². The standard InChI is InChI=1S/C15H11FO2/c16-13-4-2-1-3-12(13)15(17)11-5-6-14-10(9-11)7-8-18-14/h1-6,9H,7-8H2. The molecule has 90 valence electrons. The van der Waals surface area contributed by atoms with E-state index in [1.807, 2.05) is 0 Å². The van der Waals surface area contributed by atoms with E-state index in [1.54, 1.807) is 30.3 Å². The van der Waals surface area contributed by atoms with Gasteiger partial charge in [-0.15, -0.1) is 0 Å². The van der Waals surface area contributed by atoms with Crippen LogP contribution in [0.4, 0.5) is 4.39 Å². The number of carbonyl (C=O) groups is 1. The van der Waals surface area contributed by atoms with Gasteiger partial charge in [0.2, 0.25) is 0 Å². The van der Waals surface area contributed by atoms with Crippen molar-refractivity contribution in [1.29, 1.82) is 0 Å². The third-order valence-electron chi connectivity index (χ3n) is 3.07. The number of ether oxygens (including phenoxy) is 1. The Balaban J connectivity index is 2.01. The van der Waals surface area contributed by atoms with E-state index in [9.17, 15) is 9.18 Å². The molecule has 0 spiro atoms. The Morgan fingerprint density at radius 2 is 2.00 bits per heavy atom. The second-order valence-electron chi connectivity index (χ2n) is 4.23. The van der Waals surface area contributed by atoms with Crippen LogP contribution in [0, 0.1) is 5.82 Å². The minimum absolute atomic E-state index is 0.108. The van der Waals surface area contributed by atoms with Crippen LogP contribution in [-0.4, -0.2) is 12.4 Å². The molecule has 0 radical (unpaired) electrons. The van der Waals surface area contributed by atoms with Gasteiger partial charge < -0.3 is 4.74 Å². The Kier molecular flexibility index (Phi) is 2.59. The van der Waals surface area contributed by atoms with Crippen LogP contribution in [0.3, 0.4) is 0 Å². The summed E-state index contributed by atoms with van der Waals surface area (Å²) in [6, 6.07) is 11.3. The monoisotopic (exact) mass is 242 g/mol. The fourth-order valence-corrected chi connectivity index (χ4v) is 2.13. The Hall–Kier alpha value is -2.16. The SMILES string of the molecule is O=C(c1ccc2c(c1)CCO2)c1ccccc1F. The van der Waals surface area contributed by atoms with Crippen LogP contribution in [-0.2, 0) is 6.42 Å². The molecule has 3 rings (SSSR count). The van der Waals surface area contributed by atoms with Gasteiger partial charge in [0.25, 0.3) is 0 Å². The minimum atomic E-state index is -0.487. The highest BCUT2D eigenvalue weighted by Gasteiger charge is 2.17. The summed E-state index contributed by atoms with van der Waals surface area (Å²) in [5.41, 5.74) is 1.62. The Morgan fingerprint density at radius 1 is 1.17 bits per heavy atom.